The first-order valence-corrected chi connectivity index (χ1v) is 10.1. The molecule has 0 aromatic heterocycles. The number of carboxylic acid groups (broad SMARTS) is 2. The molecule has 10 nitrogen and oxygen atoms in total. The summed E-state index contributed by atoms with van der Waals surface area (Å²) in [6.45, 7) is -0.0592. The number of nitrogens with one attached hydrogen (secondary N) is 2. The number of ether oxygens (including phenoxy) is 1. The first kappa shape index (κ1) is 29.4. The number of amides is 1. The van der Waals surface area contributed by atoms with Crippen LogP contribution in [0.2, 0.25) is 0 Å². The molecule has 2 aromatic rings. The second kappa shape index (κ2) is 13.3. The quantitative estimate of drug-likeness (QED) is 0.312. The Morgan fingerprint density at radius 3 is 2.14 bits per heavy atom. The van der Waals surface area contributed by atoms with Gasteiger partial charge in [-0.15, -0.1) is 0 Å². The second-order valence-corrected chi connectivity index (χ2v) is 7.34. The summed E-state index contributed by atoms with van der Waals surface area (Å²) in [5, 5.41) is 35.8. The van der Waals surface area contributed by atoms with Gasteiger partial charge in [0.1, 0.15) is 18.2 Å². The van der Waals surface area contributed by atoms with E-state index in [0.717, 1.165) is 0 Å². The number of aliphatic carboxylic acids is 2. The Balaban J connectivity index is 0.000000809. The van der Waals surface area contributed by atoms with Crippen molar-refractivity contribution in [1.29, 1.82) is 10.7 Å². The molecule has 0 radical (unpaired) electrons. The van der Waals surface area contributed by atoms with Gasteiger partial charge in [0.05, 0.1) is 24.1 Å². The number of nitrogens with zero attached hydrogens (tertiary/aromatic N) is 2. The first-order valence-electron chi connectivity index (χ1n) is 10.1. The monoisotopic (exact) mass is 508 g/mol. The van der Waals surface area contributed by atoms with Crippen molar-refractivity contribution in [2.24, 2.45) is 0 Å². The number of hydrogen-bond acceptors (Lipinski definition) is 6. The van der Waals surface area contributed by atoms with Crippen molar-refractivity contribution < 1.29 is 42.5 Å². The maximum Gasteiger partial charge on any atom is 0.490 e. The van der Waals surface area contributed by atoms with Crippen molar-refractivity contribution in [3.8, 4) is 11.8 Å². The third kappa shape index (κ3) is 10.1. The minimum Gasteiger partial charge on any atom is -0.491 e. The van der Waals surface area contributed by atoms with E-state index in [1.807, 2.05) is 6.07 Å². The van der Waals surface area contributed by atoms with Gasteiger partial charge in [0.2, 0.25) is 0 Å². The Morgan fingerprint density at radius 2 is 1.67 bits per heavy atom. The Labute approximate surface area is 204 Å². The summed E-state index contributed by atoms with van der Waals surface area (Å²) in [6, 6.07) is 14.2. The van der Waals surface area contributed by atoms with Crippen LogP contribution < -0.4 is 10.1 Å². The van der Waals surface area contributed by atoms with Crippen LogP contribution in [0.3, 0.4) is 0 Å². The van der Waals surface area contributed by atoms with Crippen LogP contribution >= 0.6 is 0 Å². The van der Waals surface area contributed by atoms with Gasteiger partial charge in [0.25, 0.3) is 5.91 Å². The summed E-state index contributed by atoms with van der Waals surface area (Å²) in [5.74, 6) is -3.53. The van der Waals surface area contributed by atoms with E-state index in [1.165, 1.54) is 6.07 Å². The molecule has 0 bridgehead atoms. The van der Waals surface area contributed by atoms with E-state index in [-0.39, 0.29) is 13.0 Å². The van der Waals surface area contributed by atoms with E-state index in [2.05, 4.69) is 5.32 Å². The number of nitriles is 1. The number of benzene rings is 2. The predicted octanol–water partition coefficient (Wildman–Crippen LogP) is 2.73. The lowest BCUT2D eigenvalue weighted by Crippen LogP contribution is -2.40. The molecule has 36 heavy (non-hydrogen) atoms. The minimum atomic E-state index is -5.08. The number of hydrogen-bond donors (Lipinski definition) is 4. The van der Waals surface area contributed by atoms with Crippen LogP contribution in [0.1, 0.15) is 27.9 Å². The third-order valence-electron chi connectivity index (χ3n) is 4.28. The second-order valence-electron chi connectivity index (χ2n) is 7.34. The van der Waals surface area contributed by atoms with Crippen LogP contribution in [0.4, 0.5) is 13.2 Å². The van der Waals surface area contributed by atoms with E-state index in [0.29, 0.717) is 28.3 Å². The lowest BCUT2D eigenvalue weighted by atomic mass is 10.1. The molecule has 1 atom stereocenters. The van der Waals surface area contributed by atoms with E-state index < -0.39 is 30.1 Å². The maximum atomic E-state index is 12.5. The molecule has 192 valence electrons. The van der Waals surface area contributed by atoms with Gasteiger partial charge in [-0.2, -0.15) is 18.4 Å². The third-order valence-corrected chi connectivity index (χ3v) is 4.28. The van der Waals surface area contributed by atoms with E-state index in [9.17, 15) is 22.8 Å². The average Bonchev–Trinajstić information content (AvgIpc) is 2.81. The fraction of sp³-hybridized carbons (Fsp3) is 0.261. The molecule has 0 aliphatic rings. The highest BCUT2D eigenvalue weighted by Gasteiger charge is 2.38. The summed E-state index contributed by atoms with van der Waals surface area (Å²) in [4.78, 5) is 34.2. The zero-order chi connectivity index (χ0) is 27.5. The Hall–Kier alpha value is -4.60. The van der Waals surface area contributed by atoms with Gasteiger partial charge in [-0.3, -0.25) is 15.0 Å². The van der Waals surface area contributed by atoms with Gasteiger partial charge in [0, 0.05) is 25.2 Å². The van der Waals surface area contributed by atoms with E-state index >= 15 is 0 Å². The van der Waals surface area contributed by atoms with Crippen molar-refractivity contribution >= 4 is 23.7 Å². The lowest BCUT2D eigenvalue weighted by Gasteiger charge is -2.18. The van der Waals surface area contributed by atoms with Gasteiger partial charge in [-0.05, 0) is 30.3 Å². The molecule has 0 spiro atoms. The molecule has 1 unspecified atom stereocenters. The smallest absolute Gasteiger partial charge is 0.490 e. The first-order chi connectivity index (χ1) is 16.7. The molecule has 0 aliphatic carbocycles. The standard InChI is InChI=1S/C21H22N4O4.C2HF3O2/c1-25(2)20(23)15-6-8-16(9-7-15)21(28)24-17(11-19(26)27)13-29-18-5-3-4-14(10-18)12-22;3-2(4,5)1(6)7/h3-10,17,23H,11,13H2,1-2H3,(H,24,28)(H,26,27);(H,6,7). The van der Waals surface area contributed by atoms with Crippen molar-refractivity contribution in [2.45, 2.75) is 18.6 Å². The fourth-order valence-electron chi connectivity index (χ4n) is 2.52. The van der Waals surface area contributed by atoms with Gasteiger partial charge in [-0.1, -0.05) is 18.2 Å². The molecular weight excluding hydrogens is 485 g/mol. The topological polar surface area (TPSA) is 164 Å². The molecule has 4 N–H and O–H groups in total. The number of rotatable bonds is 8. The average molecular weight is 508 g/mol. The van der Waals surface area contributed by atoms with E-state index in [4.69, 9.17) is 30.4 Å². The van der Waals surface area contributed by atoms with Crippen LogP contribution in [-0.4, -0.2) is 71.7 Å². The Kier molecular flexibility index (Phi) is 10.9. The molecule has 0 aliphatic heterocycles. The largest absolute Gasteiger partial charge is 0.491 e. The molecular formula is C23H23F3N4O6. The fourth-order valence-corrected chi connectivity index (χ4v) is 2.52. The molecule has 0 saturated heterocycles. The minimum absolute atomic E-state index is 0.0592. The highest BCUT2D eigenvalue weighted by atomic mass is 19.4. The molecule has 2 rings (SSSR count). The summed E-state index contributed by atoms with van der Waals surface area (Å²) >= 11 is 0. The van der Waals surface area contributed by atoms with Crippen molar-refractivity contribution in [1.82, 2.24) is 10.2 Å². The lowest BCUT2D eigenvalue weighted by molar-refractivity contribution is -0.192. The number of alkyl halides is 3. The van der Waals surface area contributed by atoms with Crippen molar-refractivity contribution in [3.05, 3.63) is 65.2 Å². The maximum absolute atomic E-state index is 12.5. The Bertz CT molecular complexity index is 1130. The highest BCUT2D eigenvalue weighted by Crippen LogP contribution is 2.14. The number of halogens is 3. The van der Waals surface area contributed by atoms with Gasteiger partial charge in [-0.25, -0.2) is 4.79 Å². The van der Waals surface area contributed by atoms with Crippen LogP contribution in [0.15, 0.2) is 48.5 Å². The summed E-state index contributed by atoms with van der Waals surface area (Å²) in [5.41, 5.74) is 1.43. The summed E-state index contributed by atoms with van der Waals surface area (Å²) in [7, 11) is 3.51. The molecule has 13 heteroatoms. The number of carbonyl (C=O) groups excluding carboxylic acids is 1. The predicted molar refractivity (Wildman–Crippen MR) is 121 cm³/mol. The number of carboxylic acids is 2. The number of amidine groups is 1. The van der Waals surface area contributed by atoms with Gasteiger partial charge >= 0.3 is 18.1 Å². The van der Waals surface area contributed by atoms with Crippen LogP contribution in [0, 0.1) is 16.7 Å². The van der Waals surface area contributed by atoms with Crippen molar-refractivity contribution in [2.75, 3.05) is 20.7 Å². The zero-order valence-electron chi connectivity index (χ0n) is 19.2. The van der Waals surface area contributed by atoms with Crippen LogP contribution in [0.25, 0.3) is 0 Å². The summed E-state index contributed by atoms with van der Waals surface area (Å²) in [6.07, 6.45) is -5.40. The normalized spacial score (nSPS) is 11.1. The highest BCUT2D eigenvalue weighted by molar-refractivity contribution is 5.98. The SMILES string of the molecule is CN(C)C(=N)c1ccc(C(=O)NC(COc2cccc(C#N)c2)CC(=O)O)cc1.O=C(O)C(F)(F)F. The van der Waals surface area contributed by atoms with Crippen LogP contribution in [0.5, 0.6) is 5.75 Å². The molecule has 2 aromatic carbocycles. The molecule has 0 saturated carbocycles. The van der Waals surface area contributed by atoms with Crippen molar-refractivity contribution in [3.63, 3.8) is 0 Å². The van der Waals surface area contributed by atoms with Gasteiger partial charge in [0.15, 0.2) is 0 Å². The Morgan fingerprint density at radius 1 is 1.11 bits per heavy atom. The molecule has 0 fully saturated rings. The van der Waals surface area contributed by atoms with E-state index in [1.54, 1.807) is 61.5 Å². The summed E-state index contributed by atoms with van der Waals surface area (Å²) < 4.78 is 37.3. The van der Waals surface area contributed by atoms with Gasteiger partial charge < -0.3 is 25.2 Å². The molecule has 1 amide bonds. The van der Waals surface area contributed by atoms with Crippen LogP contribution in [-0.2, 0) is 9.59 Å². The number of carbonyl (C=O) groups is 3. The zero-order valence-corrected chi connectivity index (χ0v) is 19.2. The molecule has 0 heterocycles.